The van der Waals surface area contributed by atoms with Crippen molar-refractivity contribution in [2.75, 3.05) is 13.1 Å². The molecule has 132 valence electrons. The van der Waals surface area contributed by atoms with Gasteiger partial charge in [0.2, 0.25) is 5.91 Å². The third kappa shape index (κ3) is 2.16. The fourth-order valence-corrected chi connectivity index (χ4v) is 4.99. The molecule has 1 amide bonds. The number of carbonyl (C=O) groups excluding carboxylic acids is 1. The van der Waals surface area contributed by atoms with E-state index < -0.39 is 5.54 Å². The average molecular weight is 337 g/mol. The summed E-state index contributed by atoms with van der Waals surface area (Å²) in [5.41, 5.74) is 1.73. The zero-order chi connectivity index (χ0) is 18.0. The predicted molar refractivity (Wildman–Crippen MR) is 100 cm³/mol. The van der Waals surface area contributed by atoms with E-state index in [1.165, 1.54) is 5.39 Å². The van der Waals surface area contributed by atoms with Crippen molar-refractivity contribution in [3.05, 3.63) is 41.7 Å². The average Bonchev–Trinajstić information content (AvgIpc) is 2.85. The highest BCUT2D eigenvalue weighted by Crippen LogP contribution is 2.70. The normalized spacial score (nSPS) is 31.0. The highest BCUT2D eigenvalue weighted by atomic mass is 16.2. The van der Waals surface area contributed by atoms with Crippen molar-refractivity contribution in [2.24, 2.45) is 16.7 Å². The van der Waals surface area contributed by atoms with E-state index in [0.29, 0.717) is 0 Å². The Morgan fingerprint density at radius 1 is 1.20 bits per heavy atom. The molecule has 0 spiro atoms. The molecule has 3 atom stereocenters. The number of rotatable bonds is 3. The standard InChI is InChI=1S/C21H27N3O/c1-13-10-23-17(15-9-7-6-8-14(13)15)19(2,3)24-18(25)16-20(4)11-22-12-21(16,20)5/h6-10,16,22H,11-12H2,1-5H3,(H,24,25)/t16?,20-,21?/m1/s1. The molecule has 0 bridgehead atoms. The molecule has 4 rings (SSSR count). The zero-order valence-electron chi connectivity index (χ0n) is 15.7. The van der Waals surface area contributed by atoms with Crippen LogP contribution >= 0.6 is 0 Å². The third-order valence-electron chi connectivity index (χ3n) is 6.76. The van der Waals surface area contributed by atoms with E-state index in [-0.39, 0.29) is 22.7 Å². The number of carbonyl (C=O) groups is 1. The second-order valence-corrected chi connectivity index (χ2v) is 8.82. The van der Waals surface area contributed by atoms with Crippen LogP contribution in [0.15, 0.2) is 30.5 Å². The molecule has 0 radical (unpaired) electrons. The molecule has 2 heterocycles. The first-order valence-corrected chi connectivity index (χ1v) is 9.08. The number of amides is 1. The van der Waals surface area contributed by atoms with Gasteiger partial charge >= 0.3 is 0 Å². The number of fused-ring (bicyclic) bond motifs is 2. The second-order valence-electron chi connectivity index (χ2n) is 8.82. The number of aryl methyl sites for hydroxylation is 1. The van der Waals surface area contributed by atoms with E-state index in [2.05, 4.69) is 57.4 Å². The molecule has 4 nitrogen and oxygen atoms in total. The molecule has 2 N–H and O–H groups in total. The maximum atomic E-state index is 13.1. The van der Waals surface area contributed by atoms with Crippen molar-refractivity contribution in [1.82, 2.24) is 15.6 Å². The molecule has 1 aliphatic carbocycles. The minimum atomic E-state index is -0.512. The Kier molecular flexibility index (Phi) is 3.33. The van der Waals surface area contributed by atoms with Gasteiger partial charge in [-0.2, -0.15) is 0 Å². The van der Waals surface area contributed by atoms with E-state index in [4.69, 9.17) is 4.98 Å². The van der Waals surface area contributed by atoms with Gasteiger partial charge in [-0.3, -0.25) is 9.78 Å². The Balaban J connectivity index is 1.65. The second kappa shape index (κ2) is 5.04. The van der Waals surface area contributed by atoms with Gasteiger partial charge in [-0.05, 0) is 42.6 Å². The summed E-state index contributed by atoms with van der Waals surface area (Å²) in [6.07, 6.45) is 1.91. The summed E-state index contributed by atoms with van der Waals surface area (Å²) in [4.78, 5) is 17.7. The quantitative estimate of drug-likeness (QED) is 0.905. The Morgan fingerprint density at radius 3 is 2.44 bits per heavy atom. The molecule has 2 aliphatic rings. The van der Waals surface area contributed by atoms with Crippen molar-refractivity contribution in [3.63, 3.8) is 0 Å². The molecule has 1 saturated heterocycles. The van der Waals surface area contributed by atoms with Crippen LogP contribution < -0.4 is 10.6 Å². The first kappa shape index (κ1) is 16.5. The largest absolute Gasteiger partial charge is 0.345 e. The van der Waals surface area contributed by atoms with Crippen LogP contribution in [-0.2, 0) is 10.3 Å². The summed E-state index contributed by atoms with van der Waals surface area (Å²) in [6.45, 7) is 12.5. The number of benzene rings is 1. The van der Waals surface area contributed by atoms with Crippen molar-refractivity contribution in [1.29, 1.82) is 0 Å². The van der Waals surface area contributed by atoms with Gasteiger partial charge in [0.1, 0.15) is 0 Å². The Bertz CT molecular complexity index is 859. The summed E-state index contributed by atoms with van der Waals surface area (Å²) in [5, 5.41) is 9.03. The molecule has 1 saturated carbocycles. The number of hydrogen-bond donors (Lipinski definition) is 2. The Hall–Kier alpha value is -1.94. The molecular weight excluding hydrogens is 310 g/mol. The highest BCUT2D eigenvalue weighted by molar-refractivity contribution is 5.90. The lowest BCUT2D eigenvalue weighted by molar-refractivity contribution is -0.125. The minimum absolute atomic E-state index is 0.0793. The van der Waals surface area contributed by atoms with Crippen molar-refractivity contribution >= 4 is 16.7 Å². The number of aromatic nitrogens is 1. The zero-order valence-corrected chi connectivity index (χ0v) is 15.7. The van der Waals surface area contributed by atoms with Gasteiger partial charge in [-0.15, -0.1) is 0 Å². The van der Waals surface area contributed by atoms with Gasteiger partial charge in [-0.25, -0.2) is 0 Å². The summed E-state index contributed by atoms with van der Waals surface area (Å²) in [6, 6.07) is 8.29. The number of nitrogens with one attached hydrogen (secondary N) is 2. The summed E-state index contributed by atoms with van der Waals surface area (Å²) in [5.74, 6) is 0.236. The number of hydrogen-bond acceptors (Lipinski definition) is 3. The lowest BCUT2D eigenvalue weighted by Gasteiger charge is -2.28. The fraction of sp³-hybridized carbons (Fsp3) is 0.524. The number of nitrogens with zero attached hydrogens (tertiary/aromatic N) is 1. The molecule has 2 aromatic rings. The maximum absolute atomic E-state index is 13.1. The number of piperidine rings is 1. The Morgan fingerprint density at radius 2 is 1.80 bits per heavy atom. The van der Waals surface area contributed by atoms with Crippen LogP contribution in [0.5, 0.6) is 0 Å². The molecule has 1 aromatic heterocycles. The van der Waals surface area contributed by atoms with Crippen LogP contribution in [0.25, 0.3) is 10.8 Å². The van der Waals surface area contributed by atoms with Crippen LogP contribution in [0.3, 0.4) is 0 Å². The van der Waals surface area contributed by atoms with Crippen molar-refractivity contribution < 1.29 is 4.79 Å². The van der Waals surface area contributed by atoms with Gasteiger partial charge in [-0.1, -0.05) is 38.1 Å². The van der Waals surface area contributed by atoms with Crippen LogP contribution in [0.2, 0.25) is 0 Å². The fourth-order valence-electron chi connectivity index (χ4n) is 4.99. The van der Waals surface area contributed by atoms with Gasteiger partial charge in [0.05, 0.1) is 17.2 Å². The van der Waals surface area contributed by atoms with Gasteiger partial charge in [0, 0.05) is 24.7 Å². The van der Waals surface area contributed by atoms with Crippen LogP contribution in [0, 0.1) is 23.7 Å². The smallest absolute Gasteiger partial charge is 0.225 e. The number of pyridine rings is 1. The molecule has 4 heteroatoms. The summed E-state index contributed by atoms with van der Waals surface area (Å²) in [7, 11) is 0. The molecule has 1 aromatic carbocycles. The first-order chi connectivity index (χ1) is 11.7. The molecule has 1 aliphatic heterocycles. The molecular formula is C21H27N3O. The predicted octanol–water partition coefficient (Wildman–Crippen LogP) is 3.14. The van der Waals surface area contributed by atoms with Crippen LogP contribution in [-0.4, -0.2) is 24.0 Å². The van der Waals surface area contributed by atoms with E-state index in [0.717, 1.165) is 29.7 Å². The molecule has 25 heavy (non-hydrogen) atoms. The minimum Gasteiger partial charge on any atom is -0.345 e. The summed E-state index contributed by atoms with van der Waals surface area (Å²) >= 11 is 0. The van der Waals surface area contributed by atoms with Crippen LogP contribution in [0.4, 0.5) is 0 Å². The van der Waals surface area contributed by atoms with E-state index >= 15 is 0 Å². The first-order valence-electron chi connectivity index (χ1n) is 9.08. The maximum Gasteiger partial charge on any atom is 0.225 e. The van der Waals surface area contributed by atoms with Crippen LogP contribution in [0.1, 0.15) is 39.0 Å². The third-order valence-corrected chi connectivity index (χ3v) is 6.76. The van der Waals surface area contributed by atoms with Gasteiger partial charge in [0.15, 0.2) is 0 Å². The lowest BCUT2D eigenvalue weighted by Crippen LogP contribution is -2.44. The van der Waals surface area contributed by atoms with Crippen molar-refractivity contribution in [3.8, 4) is 0 Å². The van der Waals surface area contributed by atoms with Gasteiger partial charge in [0.25, 0.3) is 0 Å². The van der Waals surface area contributed by atoms with E-state index in [1.807, 2.05) is 18.3 Å². The molecule has 2 unspecified atom stereocenters. The topological polar surface area (TPSA) is 54.0 Å². The summed E-state index contributed by atoms with van der Waals surface area (Å²) < 4.78 is 0. The lowest BCUT2D eigenvalue weighted by atomic mass is 9.93. The molecule has 2 fully saturated rings. The highest BCUT2D eigenvalue weighted by Gasteiger charge is 2.76. The van der Waals surface area contributed by atoms with E-state index in [1.54, 1.807) is 0 Å². The monoisotopic (exact) mass is 337 g/mol. The van der Waals surface area contributed by atoms with E-state index in [9.17, 15) is 4.79 Å². The SMILES string of the molecule is Cc1cnc(C(C)(C)NC(=O)C2C3(C)CNC[C@]23C)c2ccccc12. The van der Waals surface area contributed by atoms with Gasteiger partial charge < -0.3 is 10.6 Å². The Labute approximate surface area is 149 Å². The van der Waals surface area contributed by atoms with Crippen molar-refractivity contribution in [2.45, 2.75) is 40.2 Å².